The topological polar surface area (TPSA) is 69.0 Å². The average Bonchev–Trinajstić information content (AvgIpc) is 3.26. The molecule has 32 heavy (non-hydrogen) atoms. The Kier molecular flexibility index (Phi) is 4.99. The Bertz CT molecular complexity index is 1180. The number of ether oxygens (including phenoxy) is 1. The summed E-state index contributed by atoms with van der Waals surface area (Å²) in [5.74, 6) is 1.66. The molecule has 0 bridgehead atoms. The second-order valence-corrected chi connectivity index (χ2v) is 9.06. The molecule has 0 atom stereocenters. The van der Waals surface area contributed by atoms with Crippen molar-refractivity contribution in [3.05, 3.63) is 65.6 Å². The molecule has 1 fully saturated rings. The maximum atomic E-state index is 14.5. The molecule has 3 heterocycles. The molecule has 7 heteroatoms. The zero-order chi connectivity index (χ0) is 22.5. The minimum atomic E-state index is -0.523. The number of hydrogen-bond acceptors (Lipinski definition) is 5. The molecule has 5 rings (SSSR count). The number of anilines is 1. The van der Waals surface area contributed by atoms with E-state index in [-0.39, 0.29) is 28.7 Å². The minimum absolute atomic E-state index is 0.130. The number of methoxy groups -OCH3 is 1. The van der Waals surface area contributed by atoms with Crippen molar-refractivity contribution in [3.8, 4) is 11.6 Å². The molecule has 1 saturated carbocycles. The summed E-state index contributed by atoms with van der Waals surface area (Å²) in [6.07, 6.45) is 6.62. The first kappa shape index (κ1) is 20.7. The number of carbonyl (C=O) groups is 1. The van der Waals surface area contributed by atoms with E-state index in [0.717, 1.165) is 35.9 Å². The fourth-order valence-corrected chi connectivity index (χ4v) is 5.12. The van der Waals surface area contributed by atoms with Crippen LogP contribution in [0.3, 0.4) is 0 Å². The summed E-state index contributed by atoms with van der Waals surface area (Å²) in [6.45, 7) is 4.26. The van der Waals surface area contributed by atoms with Crippen molar-refractivity contribution in [1.29, 1.82) is 0 Å². The third-order valence-corrected chi connectivity index (χ3v) is 6.82. The highest BCUT2D eigenvalue weighted by Crippen LogP contribution is 2.47. The van der Waals surface area contributed by atoms with Gasteiger partial charge < -0.3 is 10.1 Å². The van der Waals surface area contributed by atoms with Crippen LogP contribution in [0.1, 0.15) is 67.3 Å². The summed E-state index contributed by atoms with van der Waals surface area (Å²) in [7, 11) is 1.48. The monoisotopic (exact) mass is 434 g/mol. The number of aromatic nitrogens is 3. The standard InChI is InChI=1S/C25H27FN4O2/c1-15(2)23-28-14-21-25(29-20-5-4-12-27-24(20)30(21)23)10-8-16(9-11-25)22(31)18-7-6-17(32-3)13-19(18)26/h4-7,12-16,29H,8-11H2,1-3H3. The average molecular weight is 435 g/mol. The van der Waals surface area contributed by atoms with Crippen LogP contribution in [-0.4, -0.2) is 27.4 Å². The molecular formula is C25H27FN4O2. The van der Waals surface area contributed by atoms with Gasteiger partial charge in [-0.3, -0.25) is 9.36 Å². The molecule has 1 aliphatic heterocycles. The number of Topliss-reactive ketones (excluding diaryl/α,β-unsaturated/α-hetero) is 1. The summed E-state index contributed by atoms with van der Waals surface area (Å²) in [4.78, 5) is 22.4. The number of ketones is 1. The van der Waals surface area contributed by atoms with Crippen LogP contribution in [-0.2, 0) is 5.54 Å². The maximum absolute atomic E-state index is 14.5. The number of carbonyl (C=O) groups excluding carboxylic acids is 1. The van der Waals surface area contributed by atoms with Gasteiger partial charge in [-0.2, -0.15) is 0 Å². The third-order valence-electron chi connectivity index (χ3n) is 6.82. The van der Waals surface area contributed by atoms with Crippen LogP contribution in [0.5, 0.6) is 5.75 Å². The summed E-state index contributed by atoms with van der Waals surface area (Å²) in [5, 5.41) is 3.72. The van der Waals surface area contributed by atoms with E-state index >= 15 is 0 Å². The van der Waals surface area contributed by atoms with Gasteiger partial charge in [0.2, 0.25) is 0 Å². The highest BCUT2D eigenvalue weighted by molar-refractivity contribution is 5.98. The number of hydrogen-bond donors (Lipinski definition) is 1. The van der Waals surface area contributed by atoms with Gasteiger partial charge in [-0.25, -0.2) is 14.4 Å². The quantitative estimate of drug-likeness (QED) is 0.569. The van der Waals surface area contributed by atoms with Gasteiger partial charge in [-0.1, -0.05) is 13.8 Å². The fourth-order valence-electron chi connectivity index (χ4n) is 5.12. The van der Waals surface area contributed by atoms with Crippen molar-refractivity contribution < 1.29 is 13.9 Å². The molecule has 0 unspecified atom stereocenters. The highest BCUT2D eigenvalue weighted by Gasteiger charge is 2.45. The number of imidazole rings is 1. The number of halogens is 1. The van der Waals surface area contributed by atoms with E-state index in [1.165, 1.54) is 19.2 Å². The van der Waals surface area contributed by atoms with Crippen molar-refractivity contribution in [2.75, 3.05) is 12.4 Å². The van der Waals surface area contributed by atoms with Crippen molar-refractivity contribution in [2.45, 2.75) is 51.0 Å². The number of benzene rings is 1. The number of fused-ring (bicyclic) bond motifs is 4. The summed E-state index contributed by atoms with van der Waals surface area (Å²) in [6, 6.07) is 8.42. The van der Waals surface area contributed by atoms with Crippen molar-refractivity contribution in [3.63, 3.8) is 0 Å². The molecule has 6 nitrogen and oxygen atoms in total. The Hall–Kier alpha value is -3.22. The maximum Gasteiger partial charge on any atom is 0.168 e. The molecule has 1 aromatic carbocycles. The van der Waals surface area contributed by atoms with Crippen LogP contribution >= 0.6 is 0 Å². The van der Waals surface area contributed by atoms with Gasteiger partial charge in [0.05, 0.1) is 35.8 Å². The van der Waals surface area contributed by atoms with Gasteiger partial charge in [0, 0.05) is 24.1 Å². The van der Waals surface area contributed by atoms with Crippen molar-refractivity contribution >= 4 is 11.5 Å². The van der Waals surface area contributed by atoms with Crippen LogP contribution in [0, 0.1) is 11.7 Å². The molecule has 0 amide bonds. The molecule has 0 saturated heterocycles. The third kappa shape index (κ3) is 3.18. The lowest BCUT2D eigenvalue weighted by molar-refractivity contribution is 0.0860. The van der Waals surface area contributed by atoms with E-state index in [4.69, 9.17) is 9.72 Å². The van der Waals surface area contributed by atoms with Crippen LogP contribution < -0.4 is 10.1 Å². The van der Waals surface area contributed by atoms with E-state index in [1.54, 1.807) is 12.3 Å². The predicted molar refractivity (Wildman–Crippen MR) is 120 cm³/mol. The van der Waals surface area contributed by atoms with E-state index in [0.29, 0.717) is 18.6 Å². The van der Waals surface area contributed by atoms with Crippen LogP contribution in [0.25, 0.3) is 5.82 Å². The molecule has 3 aromatic rings. The minimum Gasteiger partial charge on any atom is -0.497 e. The van der Waals surface area contributed by atoms with E-state index in [9.17, 15) is 9.18 Å². The zero-order valence-corrected chi connectivity index (χ0v) is 18.6. The first-order valence-electron chi connectivity index (χ1n) is 11.1. The summed E-state index contributed by atoms with van der Waals surface area (Å²) in [5.41, 5.74) is 1.90. The first-order chi connectivity index (χ1) is 15.4. The number of pyridine rings is 1. The zero-order valence-electron chi connectivity index (χ0n) is 18.6. The second-order valence-electron chi connectivity index (χ2n) is 9.06. The van der Waals surface area contributed by atoms with Crippen molar-refractivity contribution in [1.82, 2.24) is 14.5 Å². The van der Waals surface area contributed by atoms with Gasteiger partial charge in [-0.05, 0) is 49.9 Å². The van der Waals surface area contributed by atoms with Gasteiger partial charge in [0.1, 0.15) is 17.4 Å². The molecule has 2 aliphatic rings. The van der Waals surface area contributed by atoms with Gasteiger partial charge in [0.15, 0.2) is 11.6 Å². The Labute approximate surface area is 186 Å². The lowest BCUT2D eigenvalue weighted by atomic mass is 9.72. The molecular weight excluding hydrogens is 407 g/mol. The van der Waals surface area contributed by atoms with Crippen molar-refractivity contribution in [2.24, 2.45) is 5.92 Å². The van der Waals surface area contributed by atoms with Crippen LogP contribution in [0.2, 0.25) is 0 Å². The Morgan fingerprint density at radius 2 is 2.03 bits per heavy atom. The predicted octanol–water partition coefficient (Wildman–Crippen LogP) is 5.23. The molecule has 1 spiro atoms. The van der Waals surface area contributed by atoms with E-state index in [1.807, 2.05) is 18.3 Å². The Morgan fingerprint density at radius 1 is 1.25 bits per heavy atom. The van der Waals surface area contributed by atoms with Gasteiger partial charge in [0.25, 0.3) is 0 Å². The molecule has 1 N–H and O–H groups in total. The summed E-state index contributed by atoms with van der Waals surface area (Å²) < 4.78 is 21.7. The van der Waals surface area contributed by atoms with E-state index in [2.05, 4.69) is 28.7 Å². The Morgan fingerprint density at radius 3 is 2.72 bits per heavy atom. The lowest BCUT2D eigenvalue weighted by Crippen LogP contribution is -2.45. The largest absolute Gasteiger partial charge is 0.497 e. The Balaban J connectivity index is 1.44. The number of nitrogens with one attached hydrogen (secondary N) is 1. The van der Waals surface area contributed by atoms with Crippen LogP contribution in [0.15, 0.2) is 42.7 Å². The normalized spacial score (nSPS) is 21.7. The molecule has 166 valence electrons. The fraction of sp³-hybridized carbons (Fsp3) is 0.400. The summed E-state index contributed by atoms with van der Waals surface area (Å²) >= 11 is 0. The van der Waals surface area contributed by atoms with Gasteiger partial charge in [-0.15, -0.1) is 0 Å². The lowest BCUT2D eigenvalue weighted by Gasteiger charge is -2.44. The second kappa shape index (κ2) is 7.73. The highest BCUT2D eigenvalue weighted by atomic mass is 19.1. The van der Waals surface area contributed by atoms with Crippen LogP contribution in [0.4, 0.5) is 10.1 Å². The van der Waals surface area contributed by atoms with E-state index < -0.39 is 5.82 Å². The first-order valence-corrected chi connectivity index (χ1v) is 11.1. The molecule has 1 aliphatic carbocycles. The number of nitrogens with zero attached hydrogens (tertiary/aromatic N) is 3. The number of rotatable bonds is 4. The van der Waals surface area contributed by atoms with Gasteiger partial charge >= 0.3 is 0 Å². The SMILES string of the molecule is COc1ccc(C(=O)C2CCC3(CC2)Nc2cccnc2-n2c3cnc2C(C)C)c(F)c1. The molecule has 2 aromatic heterocycles. The smallest absolute Gasteiger partial charge is 0.168 e. The molecule has 0 radical (unpaired) electrons.